The molecule has 4 heterocycles. The molecule has 18 heteroatoms. The van der Waals surface area contributed by atoms with Gasteiger partial charge >= 0.3 is 11.1 Å². The molecule has 47 heavy (non-hydrogen) atoms. The number of thioether (sulfide) groups is 2. The maximum absolute atomic E-state index is 13.3. The molecule has 2 aromatic heterocycles. The lowest BCUT2D eigenvalue weighted by Crippen LogP contribution is -2.71. The minimum absolute atomic E-state index is 0.0672. The summed E-state index contributed by atoms with van der Waals surface area (Å²) in [7, 11) is 1.82. The van der Waals surface area contributed by atoms with Crippen LogP contribution in [-0.2, 0) is 37.5 Å². The number of aliphatic carboxylic acids is 2. The van der Waals surface area contributed by atoms with Crippen LogP contribution in [0.1, 0.15) is 30.2 Å². The summed E-state index contributed by atoms with van der Waals surface area (Å²) in [5.74, 6) is -3.29. The molecule has 1 aromatic carbocycles. The van der Waals surface area contributed by atoms with Gasteiger partial charge in [-0.1, -0.05) is 35.5 Å². The maximum Gasteiger partial charge on any atom is 0.361 e. The third-order valence-electron chi connectivity index (χ3n) is 7.10. The predicted octanol–water partition coefficient (Wildman–Crippen LogP) is -0.102. The fourth-order valence-electron chi connectivity index (χ4n) is 4.87. The summed E-state index contributed by atoms with van der Waals surface area (Å²) in [6, 6.07) is 8.76. The number of oxime groups is 1. The number of nitrogen functional groups attached to an aromatic ring is 2. The van der Waals surface area contributed by atoms with Crippen LogP contribution in [0.5, 0.6) is 0 Å². The summed E-state index contributed by atoms with van der Waals surface area (Å²) >= 11 is 3.61. The van der Waals surface area contributed by atoms with E-state index in [9.17, 15) is 24.3 Å². The van der Waals surface area contributed by atoms with E-state index in [-0.39, 0.29) is 40.2 Å². The molecule has 0 bridgehead atoms. The number of hydrogen-bond acceptors (Lipinski definition) is 14. The van der Waals surface area contributed by atoms with Crippen molar-refractivity contribution in [2.24, 2.45) is 12.2 Å². The molecule has 3 aromatic rings. The van der Waals surface area contributed by atoms with Crippen LogP contribution in [-0.4, -0.2) is 78.5 Å². The molecule has 3 atom stereocenters. The van der Waals surface area contributed by atoms with Crippen molar-refractivity contribution in [2.45, 2.75) is 42.4 Å². The van der Waals surface area contributed by atoms with Crippen molar-refractivity contribution in [2.75, 3.05) is 23.0 Å². The van der Waals surface area contributed by atoms with Crippen molar-refractivity contribution in [3.8, 4) is 0 Å². The van der Waals surface area contributed by atoms with Gasteiger partial charge in [-0.15, -0.1) is 23.1 Å². The van der Waals surface area contributed by atoms with Crippen LogP contribution in [0.2, 0.25) is 0 Å². The van der Waals surface area contributed by atoms with Crippen LogP contribution in [0.15, 0.2) is 63.5 Å². The Balaban J connectivity index is 1.28. The molecule has 15 nitrogen and oxygen atoms in total. The van der Waals surface area contributed by atoms with Crippen LogP contribution in [0.25, 0.3) is 0 Å². The zero-order chi connectivity index (χ0) is 33.8. The van der Waals surface area contributed by atoms with Crippen molar-refractivity contribution in [3.05, 3.63) is 70.0 Å². The number of nitrogens with two attached hydrogens (primary N) is 2. The van der Waals surface area contributed by atoms with Gasteiger partial charge in [0.25, 0.3) is 11.8 Å². The minimum Gasteiger partial charge on any atom is -0.543 e. The summed E-state index contributed by atoms with van der Waals surface area (Å²) in [4.78, 5) is 64.7. The highest BCUT2D eigenvalue weighted by molar-refractivity contribution is 8.01. The van der Waals surface area contributed by atoms with E-state index < -0.39 is 41.3 Å². The zero-order valence-corrected chi connectivity index (χ0v) is 27.6. The summed E-state index contributed by atoms with van der Waals surface area (Å²) in [5.41, 5.74) is 13.9. The van der Waals surface area contributed by atoms with Crippen molar-refractivity contribution < 1.29 is 38.8 Å². The monoisotopic (exact) mass is 698 g/mol. The molecule has 2 unspecified atom stereocenters. The second-order valence-electron chi connectivity index (χ2n) is 10.6. The zero-order valence-electron chi connectivity index (χ0n) is 25.1. The van der Waals surface area contributed by atoms with Gasteiger partial charge in [-0.05, 0) is 34.8 Å². The van der Waals surface area contributed by atoms with E-state index >= 15 is 0 Å². The number of fused-ring (bicyclic) bond motifs is 1. The normalized spacial score (nSPS) is 18.3. The Kier molecular flexibility index (Phi) is 10.3. The van der Waals surface area contributed by atoms with E-state index in [1.54, 1.807) is 0 Å². The molecular formula is C29H30N8O7S3. The largest absolute Gasteiger partial charge is 0.543 e. The second kappa shape index (κ2) is 14.4. The first-order valence-electron chi connectivity index (χ1n) is 14.1. The van der Waals surface area contributed by atoms with E-state index in [2.05, 4.69) is 20.4 Å². The number of carbonyl (C=O) groups is 4. The van der Waals surface area contributed by atoms with E-state index in [0.29, 0.717) is 23.0 Å². The SMILES string of the molecule is CC(CC(=O)O)O/N=C(\C(=O)NC1C(=O)N2C(C(=O)[O-])=C(CSc3nc(N)c(Cc4ccccc4)c[n+]3C)CS[C@H]12)c1csc(N)n1. The molecule has 1 saturated heterocycles. The molecular weight excluding hydrogens is 669 g/mol. The number of carboxylic acids is 2. The Bertz CT molecular complexity index is 1780. The number of nitrogens with zero attached hydrogens (tertiary/aromatic N) is 5. The van der Waals surface area contributed by atoms with E-state index in [4.69, 9.17) is 21.4 Å². The number of aromatic nitrogens is 3. The molecule has 2 aliphatic rings. The van der Waals surface area contributed by atoms with Gasteiger partial charge in [0.05, 0.1) is 30.7 Å². The van der Waals surface area contributed by atoms with Crippen LogP contribution >= 0.6 is 34.9 Å². The van der Waals surface area contributed by atoms with E-state index in [1.165, 1.54) is 35.8 Å². The average molecular weight is 699 g/mol. The van der Waals surface area contributed by atoms with Gasteiger partial charge in [0.15, 0.2) is 10.8 Å². The first-order chi connectivity index (χ1) is 22.4. The molecule has 0 aliphatic carbocycles. The summed E-state index contributed by atoms with van der Waals surface area (Å²) in [6.07, 6.45) is 1.26. The molecule has 1 fully saturated rings. The molecule has 2 amide bonds. The highest BCUT2D eigenvalue weighted by Crippen LogP contribution is 2.41. The number of thiazole rings is 1. The van der Waals surface area contributed by atoms with Gasteiger partial charge < -0.3 is 36.6 Å². The third kappa shape index (κ3) is 7.66. The van der Waals surface area contributed by atoms with Gasteiger partial charge in [-0.3, -0.25) is 19.3 Å². The fraction of sp³-hybridized carbons (Fsp3) is 0.310. The molecule has 0 saturated carbocycles. The predicted molar refractivity (Wildman–Crippen MR) is 173 cm³/mol. The molecule has 0 radical (unpaired) electrons. The number of amides is 2. The highest BCUT2D eigenvalue weighted by atomic mass is 32.2. The number of β-lactam (4-membered cyclic amide) rings is 1. The Labute approximate surface area is 281 Å². The first-order valence-corrected chi connectivity index (χ1v) is 17.0. The Hall–Kier alpha value is -4.68. The molecule has 2 aliphatic heterocycles. The summed E-state index contributed by atoms with van der Waals surface area (Å²) < 4.78 is 1.82. The molecule has 5 rings (SSSR count). The number of anilines is 2. The Morgan fingerprint density at radius 3 is 2.68 bits per heavy atom. The molecule has 6 N–H and O–H groups in total. The topological polar surface area (TPSA) is 230 Å². The Morgan fingerprint density at radius 1 is 1.28 bits per heavy atom. The standard InChI is InChI=1S/C29H30N8O7S3/c1-14(8-19(38)39)44-35-20(18-13-46-28(31)32-18)24(40)33-21-25(41)37-22(27(42)43)17(11-45-26(21)37)12-47-29-34-23(30)16(10-36(29)2)9-15-6-4-3-5-7-15/h3-7,10,13-14,21,26,30H,8-9,11-12H2,1-2H3,(H5,31,32,33,38,39,40,42,43)/b35-20-/t14?,21?,26-/m1/s1. The lowest BCUT2D eigenvalue weighted by Gasteiger charge is -2.50. The second-order valence-corrected chi connectivity index (χ2v) is 13.6. The van der Waals surface area contributed by atoms with Crippen molar-refractivity contribution in [3.63, 3.8) is 0 Å². The smallest absolute Gasteiger partial charge is 0.361 e. The number of aryl methyl sites for hydroxylation is 1. The molecule has 246 valence electrons. The third-order valence-corrected chi connectivity index (χ3v) is 10.2. The fourth-order valence-corrected chi connectivity index (χ4v) is 7.85. The number of benzene rings is 1. The van der Waals surface area contributed by atoms with Crippen LogP contribution in [0.3, 0.4) is 0 Å². The molecule has 0 spiro atoms. The van der Waals surface area contributed by atoms with Crippen molar-refractivity contribution in [1.29, 1.82) is 0 Å². The average Bonchev–Trinajstić information content (AvgIpc) is 3.45. The van der Waals surface area contributed by atoms with Crippen LogP contribution in [0.4, 0.5) is 10.9 Å². The van der Waals surface area contributed by atoms with Gasteiger partial charge in [0, 0.05) is 23.3 Å². The van der Waals surface area contributed by atoms with Crippen LogP contribution < -0.4 is 26.5 Å². The van der Waals surface area contributed by atoms with Crippen LogP contribution in [0, 0.1) is 0 Å². The quantitative estimate of drug-likeness (QED) is 0.0457. The number of rotatable bonds is 13. The summed E-state index contributed by atoms with van der Waals surface area (Å²) in [5, 5.41) is 29.1. The Morgan fingerprint density at radius 2 is 2.02 bits per heavy atom. The van der Waals surface area contributed by atoms with Crippen molar-refractivity contribution in [1.82, 2.24) is 20.2 Å². The lowest BCUT2D eigenvalue weighted by molar-refractivity contribution is -0.713. The summed E-state index contributed by atoms with van der Waals surface area (Å²) in [6.45, 7) is 1.46. The van der Waals surface area contributed by atoms with Gasteiger partial charge in [-0.25, -0.2) is 9.55 Å². The number of hydrogen-bond donors (Lipinski definition) is 4. The number of carbonyl (C=O) groups excluding carboxylic acids is 3. The maximum atomic E-state index is 13.3. The van der Waals surface area contributed by atoms with E-state index in [1.807, 2.05) is 48.1 Å². The first kappa shape index (κ1) is 33.7. The van der Waals surface area contributed by atoms with E-state index in [0.717, 1.165) is 27.4 Å². The van der Waals surface area contributed by atoms with Gasteiger partial charge in [0.1, 0.15) is 29.4 Å². The minimum atomic E-state index is -1.51. The highest BCUT2D eigenvalue weighted by Gasteiger charge is 2.53. The van der Waals surface area contributed by atoms with Crippen molar-refractivity contribution >= 4 is 75.3 Å². The van der Waals surface area contributed by atoms with Gasteiger partial charge in [-0.2, -0.15) is 0 Å². The number of nitrogens with one attached hydrogen (secondary N) is 1. The number of carboxylic acid groups (broad SMARTS) is 2. The van der Waals surface area contributed by atoms with Gasteiger partial charge in [0.2, 0.25) is 5.82 Å². The lowest BCUT2D eigenvalue weighted by atomic mass is 10.0.